The Morgan fingerprint density at radius 3 is 2.56 bits per heavy atom. The van der Waals surface area contributed by atoms with E-state index in [0.717, 1.165) is 6.42 Å². The zero-order chi connectivity index (χ0) is 19.0. The summed E-state index contributed by atoms with van der Waals surface area (Å²) in [5, 5.41) is 2.77. The van der Waals surface area contributed by atoms with E-state index in [1.165, 1.54) is 20.2 Å². The van der Waals surface area contributed by atoms with Crippen LogP contribution in [0.1, 0.15) is 39.8 Å². The Labute approximate surface area is 153 Å². The molecule has 25 heavy (non-hydrogen) atoms. The van der Waals surface area contributed by atoms with Crippen LogP contribution in [-0.2, 0) is 14.3 Å². The molecule has 1 N–H and O–H groups in total. The van der Waals surface area contributed by atoms with Crippen LogP contribution in [0.15, 0.2) is 12.3 Å². The summed E-state index contributed by atoms with van der Waals surface area (Å²) in [7, 11) is 1.44. The van der Waals surface area contributed by atoms with Crippen LogP contribution in [0.5, 0.6) is 11.5 Å². The predicted molar refractivity (Wildman–Crippen MR) is 96.8 cm³/mol. The van der Waals surface area contributed by atoms with Gasteiger partial charge in [-0.05, 0) is 19.3 Å². The van der Waals surface area contributed by atoms with Crippen LogP contribution in [0.2, 0.25) is 0 Å². The standard InChI is InChI=1S/C17H24N2O5S/c1-10(2)8-11(3)23-14(21)9-19-17(25)15-16(24-12(4)20)13(22-5)6-7-18-15/h6-7,10-11H,8-9H2,1-5H3,(H,19,25). The third-order valence-electron chi connectivity index (χ3n) is 3.08. The SMILES string of the molecule is COc1ccnc(C(=S)NCC(=O)OC(C)CC(C)C)c1OC(C)=O. The van der Waals surface area contributed by atoms with Gasteiger partial charge in [0.15, 0.2) is 5.75 Å². The Morgan fingerprint density at radius 1 is 1.32 bits per heavy atom. The molecule has 1 atom stereocenters. The molecule has 0 spiro atoms. The van der Waals surface area contributed by atoms with E-state index in [-0.39, 0.29) is 29.1 Å². The monoisotopic (exact) mass is 368 g/mol. The average Bonchev–Trinajstić information content (AvgIpc) is 2.51. The lowest BCUT2D eigenvalue weighted by Gasteiger charge is -2.16. The van der Waals surface area contributed by atoms with Gasteiger partial charge < -0.3 is 19.5 Å². The molecule has 0 fully saturated rings. The fourth-order valence-corrected chi connectivity index (χ4v) is 2.43. The van der Waals surface area contributed by atoms with Gasteiger partial charge in [0.1, 0.15) is 17.2 Å². The molecule has 0 radical (unpaired) electrons. The highest BCUT2D eigenvalue weighted by molar-refractivity contribution is 7.80. The van der Waals surface area contributed by atoms with Crippen LogP contribution in [0.3, 0.4) is 0 Å². The van der Waals surface area contributed by atoms with Crippen molar-refractivity contribution in [3.63, 3.8) is 0 Å². The van der Waals surface area contributed by atoms with E-state index in [9.17, 15) is 9.59 Å². The van der Waals surface area contributed by atoms with Crippen LogP contribution in [-0.4, -0.2) is 41.7 Å². The van der Waals surface area contributed by atoms with E-state index in [1.807, 2.05) is 6.92 Å². The Hall–Kier alpha value is -2.22. The molecule has 0 aliphatic heterocycles. The summed E-state index contributed by atoms with van der Waals surface area (Å²) in [5.74, 6) is -0.0946. The van der Waals surface area contributed by atoms with Crippen molar-refractivity contribution >= 4 is 29.1 Å². The van der Waals surface area contributed by atoms with Crippen molar-refractivity contribution in [3.05, 3.63) is 18.0 Å². The zero-order valence-electron chi connectivity index (χ0n) is 15.1. The molecule has 0 aliphatic rings. The molecule has 0 saturated carbocycles. The van der Waals surface area contributed by atoms with Gasteiger partial charge in [-0.3, -0.25) is 9.59 Å². The van der Waals surface area contributed by atoms with E-state index < -0.39 is 11.9 Å². The maximum Gasteiger partial charge on any atom is 0.325 e. The van der Waals surface area contributed by atoms with Crippen molar-refractivity contribution in [1.82, 2.24) is 10.3 Å². The first-order chi connectivity index (χ1) is 11.7. The highest BCUT2D eigenvalue weighted by Crippen LogP contribution is 2.29. The minimum Gasteiger partial charge on any atom is -0.493 e. The van der Waals surface area contributed by atoms with Crippen molar-refractivity contribution in [1.29, 1.82) is 0 Å². The van der Waals surface area contributed by atoms with Crippen molar-refractivity contribution < 1.29 is 23.8 Å². The highest BCUT2D eigenvalue weighted by atomic mass is 32.1. The molecule has 1 heterocycles. The van der Waals surface area contributed by atoms with Crippen LogP contribution in [0.4, 0.5) is 0 Å². The number of hydrogen-bond acceptors (Lipinski definition) is 7. The second-order valence-electron chi connectivity index (χ2n) is 5.90. The molecule has 0 aromatic carbocycles. The third kappa shape index (κ3) is 7.04. The molecule has 8 heteroatoms. The maximum atomic E-state index is 11.9. The second-order valence-corrected chi connectivity index (χ2v) is 6.31. The molecule has 1 aromatic rings. The molecule has 138 valence electrons. The van der Waals surface area contributed by atoms with E-state index >= 15 is 0 Å². The number of ether oxygens (including phenoxy) is 3. The van der Waals surface area contributed by atoms with Gasteiger partial charge in [-0.1, -0.05) is 26.1 Å². The molecule has 1 aromatic heterocycles. The quantitative estimate of drug-likeness (QED) is 0.552. The van der Waals surface area contributed by atoms with Gasteiger partial charge in [0.25, 0.3) is 0 Å². The highest BCUT2D eigenvalue weighted by Gasteiger charge is 2.19. The Balaban J connectivity index is 2.74. The number of pyridine rings is 1. The van der Waals surface area contributed by atoms with Gasteiger partial charge in [0.05, 0.1) is 13.2 Å². The molecular weight excluding hydrogens is 344 g/mol. The number of aromatic nitrogens is 1. The third-order valence-corrected chi connectivity index (χ3v) is 3.42. The van der Waals surface area contributed by atoms with Gasteiger partial charge >= 0.3 is 11.9 Å². The van der Waals surface area contributed by atoms with Crippen molar-refractivity contribution in [2.45, 2.75) is 40.2 Å². The number of nitrogens with zero attached hydrogens (tertiary/aromatic N) is 1. The van der Waals surface area contributed by atoms with Gasteiger partial charge in [-0.25, -0.2) is 4.98 Å². The van der Waals surface area contributed by atoms with E-state index in [4.69, 9.17) is 26.4 Å². The zero-order valence-corrected chi connectivity index (χ0v) is 15.9. The number of methoxy groups -OCH3 is 1. The normalized spacial score (nSPS) is 11.6. The smallest absolute Gasteiger partial charge is 0.325 e. The van der Waals surface area contributed by atoms with Gasteiger partial charge in [-0.15, -0.1) is 0 Å². The van der Waals surface area contributed by atoms with Gasteiger partial charge in [-0.2, -0.15) is 0 Å². The largest absolute Gasteiger partial charge is 0.493 e. The molecular formula is C17H24N2O5S. The van der Waals surface area contributed by atoms with Crippen LogP contribution in [0.25, 0.3) is 0 Å². The number of carbonyl (C=O) groups is 2. The number of hydrogen-bond donors (Lipinski definition) is 1. The molecule has 0 amide bonds. The van der Waals surface area contributed by atoms with Gasteiger partial charge in [0.2, 0.25) is 5.75 Å². The first kappa shape index (κ1) is 20.8. The molecule has 1 unspecified atom stereocenters. The summed E-state index contributed by atoms with van der Waals surface area (Å²) in [5.41, 5.74) is 0.215. The lowest BCUT2D eigenvalue weighted by molar-refractivity contribution is -0.147. The Kier molecular flexibility index (Phi) is 8.27. The molecule has 7 nitrogen and oxygen atoms in total. The minimum absolute atomic E-state index is 0.108. The van der Waals surface area contributed by atoms with Crippen molar-refractivity contribution in [2.24, 2.45) is 5.92 Å². The number of esters is 2. The molecule has 1 rings (SSSR count). The second kappa shape index (κ2) is 9.93. The first-order valence-electron chi connectivity index (χ1n) is 7.93. The van der Waals surface area contributed by atoms with Gasteiger partial charge in [0, 0.05) is 19.2 Å². The summed E-state index contributed by atoms with van der Waals surface area (Å²) in [6.07, 6.45) is 2.08. The van der Waals surface area contributed by atoms with Crippen LogP contribution in [0, 0.1) is 5.92 Å². The summed E-state index contributed by atoms with van der Waals surface area (Å²) in [6.45, 7) is 7.12. The number of nitrogens with one attached hydrogen (secondary N) is 1. The summed E-state index contributed by atoms with van der Waals surface area (Å²) < 4.78 is 15.6. The Morgan fingerprint density at radius 2 is 2.00 bits per heavy atom. The lowest BCUT2D eigenvalue weighted by atomic mass is 10.1. The topological polar surface area (TPSA) is 86.8 Å². The lowest BCUT2D eigenvalue weighted by Crippen LogP contribution is -2.32. The molecule has 0 aliphatic carbocycles. The average molecular weight is 368 g/mol. The predicted octanol–water partition coefficient (Wildman–Crippen LogP) is 2.26. The number of thiocarbonyl (C=S) groups is 1. The van der Waals surface area contributed by atoms with E-state index in [2.05, 4.69) is 24.1 Å². The fourth-order valence-electron chi connectivity index (χ4n) is 2.21. The summed E-state index contributed by atoms with van der Waals surface area (Å²) in [6, 6.07) is 1.55. The van der Waals surface area contributed by atoms with Crippen LogP contribution < -0.4 is 14.8 Å². The minimum atomic E-state index is -0.530. The van der Waals surface area contributed by atoms with E-state index in [0.29, 0.717) is 11.7 Å². The number of carbonyl (C=O) groups excluding carboxylic acids is 2. The van der Waals surface area contributed by atoms with E-state index in [1.54, 1.807) is 6.07 Å². The summed E-state index contributed by atoms with van der Waals surface area (Å²) >= 11 is 5.24. The van der Waals surface area contributed by atoms with Crippen molar-refractivity contribution in [3.8, 4) is 11.5 Å². The Bertz CT molecular complexity index is 633. The molecule has 0 saturated heterocycles. The number of rotatable bonds is 8. The maximum absolute atomic E-state index is 11.9. The summed E-state index contributed by atoms with van der Waals surface area (Å²) in [4.78, 5) is 27.4. The van der Waals surface area contributed by atoms with Crippen molar-refractivity contribution in [2.75, 3.05) is 13.7 Å². The van der Waals surface area contributed by atoms with Crippen LogP contribution >= 0.6 is 12.2 Å². The fraction of sp³-hybridized carbons (Fsp3) is 0.529. The molecule has 0 bridgehead atoms. The first-order valence-corrected chi connectivity index (χ1v) is 8.34.